The molecule has 2 nitrogen and oxygen atoms in total. The van der Waals surface area contributed by atoms with Crippen molar-refractivity contribution in [2.24, 2.45) is 0 Å². The third kappa shape index (κ3) is 5.10. The van der Waals surface area contributed by atoms with Gasteiger partial charge in [0.1, 0.15) is 0 Å². The van der Waals surface area contributed by atoms with Crippen LogP contribution >= 0.6 is 11.8 Å². The molecule has 0 aliphatic rings. The van der Waals surface area contributed by atoms with Crippen molar-refractivity contribution in [1.82, 2.24) is 0 Å². The number of sulfone groups is 1. The van der Waals surface area contributed by atoms with Crippen LogP contribution in [-0.2, 0) is 9.84 Å². The maximum absolute atomic E-state index is 12.0. The van der Waals surface area contributed by atoms with Crippen LogP contribution in [0.2, 0.25) is 0 Å². The molecule has 0 unspecified atom stereocenters. The summed E-state index contributed by atoms with van der Waals surface area (Å²) >= 11 is 1.68. The van der Waals surface area contributed by atoms with E-state index >= 15 is 0 Å². The zero-order valence-electron chi connectivity index (χ0n) is 10.7. The SMILES string of the molecule is CCSC=CC=CCS(=O)(=O)c1ccc(C)cc1. The van der Waals surface area contributed by atoms with Crippen LogP contribution in [0.25, 0.3) is 0 Å². The summed E-state index contributed by atoms with van der Waals surface area (Å²) in [6.45, 7) is 4.01. The number of hydrogen-bond donors (Lipinski definition) is 0. The molecule has 0 radical (unpaired) electrons. The quantitative estimate of drug-likeness (QED) is 0.748. The van der Waals surface area contributed by atoms with Crippen LogP contribution in [0.5, 0.6) is 0 Å². The lowest BCUT2D eigenvalue weighted by Crippen LogP contribution is -2.04. The minimum Gasteiger partial charge on any atom is -0.223 e. The van der Waals surface area contributed by atoms with Gasteiger partial charge in [0.25, 0.3) is 0 Å². The van der Waals surface area contributed by atoms with Gasteiger partial charge in [-0.1, -0.05) is 42.8 Å². The molecule has 0 saturated carbocycles. The maximum atomic E-state index is 12.0. The van der Waals surface area contributed by atoms with Crippen molar-refractivity contribution in [3.05, 3.63) is 53.5 Å². The summed E-state index contributed by atoms with van der Waals surface area (Å²) < 4.78 is 23.9. The van der Waals surface area contributed by atoms with Gasteiger partial charge in [-0.2, -0.15) is 0 Å². The standard InChI is InChI=1S/C14H18O2S2/c1-3-17-11-5-4-6-12-18(15,16)14-9-7-13(2)8-10-14/h4-11H,3,12H2,1-2H3. The molecule has 1 aromatic rings. The Hall–Kier alpha value is -1.00. The number of aryl methyl sites for hydroxylation is 1. The highest BCUT2D eigenvalue weighted by atomic mass is 32.2. The third-order valence-electron chi connectivity index (χ3n) is 2.28. The van der Waals surface area contributed by atoms with Gasteiger partial charge in [-0.25, -0.2) is 8.42 Å². The fourth-order valence-electron chi connectivity index (χ4n) is 1.30. The lowest BCUT2D eigenvalue weighted by Gasteiger charge is -2.01. The van der Waals surface area contributed by atoms with Gasteiger partial charge in [-0.15, -0.1) is 11.8 Å². The smallest absolute Gasteiger partial charge is 0.181 e. The van der Waals surface area contributed by atoms with Crippen molar-refractivity contribution >= 4 is 21.6 Å². The van der Waals surface area contributed by atoms with Gasteiger partial charge in [0.05, 0.1) is 10.6 Å². The minimum absolute atomic E-state index is 0.0389. The van der Waals surface area contributed by atoms with E-state index in [9.17, 15) is 8.42 Å². The zero-order chi connectivity index (χ0) is 13.4. The lowest BCUT2D eigenvalue weighted by molar-refractivity contribution is 0.599. The van der Waals surface area contributed by atoms with E-state index in [1.807, 2.05) is 30.5 Å². The van der Waals surface area contributed by atoms with Crippen molar-refractivity contribution in [2.45, 2.75) is 18.7 Å². The Morgan fingerprint density at radius 2 is 1.83 bits per heavy atom. The fourth-order valence-corrected chi connectivity index (χ4v) is 2.80. The predicted molar refractivity (Wildman–Crippen MR) is 79.6 cm³/mol. The number of hydrogen-bond acceptors (Lipinski definition) is 3. The molecule has 0 fully saturated rings. The number of thioether (sulfide) groups is 1. The first kappa shape index (κ1) is 15.1. The van der Waals surface area contributed by atoms with E-state index < -0.39 is 9.84 Å². The van der Waals surface area contributed by atoms with Crippen LogP contribution in [0.4, 0.5) is 0 Å². The summed E-state index contributed by atoms with van der Waals surface area (Å²) in [4.78, 5) is 0.379. The zero-order valence-corrected chi connectivity index (χ0v) is 12.3. The first-order valence-electron chi connectivity index (χ1n) is 5.79. The number of rotatable bonds is 6. The van der Waals surface area contributed by atoms with Crippen LogP contribution < -0.4 is 0 Å². The summed E-state index contributed by atoms with van der Waals surface area (Å²) in [7, 11) is -3.20. The molecule has 0 atom stereocenters. The van der Waals surface area contributed by atoms with E-state index in [1.54, 1.807) is 36.0 Å². The van der Waals surface area contributed by atoms with Gasteiger partial charge in [-0.3, -0.25) is 0 Å². The van der Waals surface area contributed by atoms with E-state index in [2.05, 4.69) is 6.92 Å². The molecule has 18 heavy (non-hydrogen) atoms. The third-order valence-corrected chi connectivity index (χ3v) is 4.59. The molecule has 0 amide bonds. The van der Waals surface area contributed by atoms with E-state index in [4.69, 9.17) is 0 Å². The molecule has 0 N–H and O–H groups in total. The van der Waals surface area contributed by atoms with Crippen LogP contribution in [0.3, 0.4) is 0 Å². The fraction of sp³-hybridized carbons (Fsp3) is 0.286. The Bertz CT molecular complexity index is 511. The lowest BCUT2D eigenvalue weighted by atomic mass is 10.2. The van der Waals surface area contributed by atoms with Gasteiger partial charge in [0.2, 0.25) is 0 Å². The summed E-state index contributed by atoms with van der Waals surface area (Å²) in [5.74, 6) is 1.06. The first-order valence-corrected chi connectivity index (χ1v) is 8.49. The van der Waals surface area contributed by atoms with Crippen LogP contribution in [-0.4, -0.2) is 19.9 Å². The number of benzene rings is 1. The second-order valence-corrected chi connectivity index (χ2v) is 7.02. The molecule has 0 aliphatic carbocycles. The molecule has 4 heteroatoms. The van der Waals surface area contributed by atoms with Crippen molar-refractivity contribution in [1.29, 1.82) is 0 Å². The van der Waals surface area contributed by atoms with Crippen LogP contribution in [0.1, 0.15) is 12.5 Å². The van der Waals surface area contributed by atoms with Crippen LogP contribution in [0, 0.1) is 6.92 Å². The Kier molecular flexibility index (Phi) is 6.22. The Balaban J connectivity index is 2.63. The molecule has 0 aromatic heterocycles. The molecule has 0 spiro atoms. The molecular formula is C14H18O2S2. The van der Waals surface area contributed by atoms with Gasteiger partial charge in [0, 0.05) is 0 Å². The maximum Gasteiger partial charge on any atom is 0.181 e. The number of allylic oxidation sites excluding steroid dienone is 2. The largest absolute Gasteiger partial charge is 0.223 e. The van der Waals surface area contributed by atoms with Crippen molar-refractivity contribution in [2.75, 3.05) is 11.5 Å². The molecule has 0 bridgehead atoms. The predicted octanol–water partition coefficient (Wildman–Crippen LogP) is 3.59. The minimum atomic E-state index is -3.20. The highest BCUT2D eigenvalue weighted by molar-refractivity contribution is 8.02. The van der Waals surface area contributed by atoms with Crippen molar-refractivity contribution < 1.29 is 8.42 Å². The monoisotopic (exact) mass is 282 g/mol. The van der Waals surface area contributed by atoms with Crippen molar-refractivity contribution in [3.63, 3.8) is 0 Å². The Labute approximate surface area is 114 Å². The van der Waals surface area contributed by atoms with E-state index in [1.165, 1.54) is 0 Å². The summed E-state index contributed by atoms with van der Waals surface area (Å²) in [6, 6.07) is 6.94. The average molecular weight is 282 g/mol. The van der Waals surface area contributed by atoms with Crippen LogP contribution in [0.15, 0.2) is 52.8 Å². The van der Waals surface area contributed by atoms with E-state index in [0.717, 1.165) is 11.3 Å². The van der Waals surface area contributed by atoms with Gasteiger partial charge >= 0.3 is 0 Å². The Morgan fingerprint density at radius 1 is 1.17 bits per heavy atom. The molecule has 0 aliphatic heterocycles. The molecule has 0 heterocycles. The average Bonchev–Trinajstić information content (AvgIpc) is 2.34. The summed E-state index contributed by atoms with van der Waals surface area (Å²) in [5, 5.41) is 1.95. The highest BCUT2D eigenvalue weighted by Crippen LogP contribution is 2.12. The molecule has 0 saturated heterocycles. The van der Waals surface area contributed by atoms with Gasteiger partial charge in [-0.05, 0) is 30.2 Å². The Morgan fingerprint density at radius 3 is 2.44 bits per heavy atom. The summed E-state index contributed by atoms with van der Waals surface area (Å²) in [6.07, 6.45) is 5.30. The highest BCUT2D eigenvalue weighted by Gasteiger charge is 2.11. The van der Waals surface area contributed by atoms with Gasteiger partial charge < -0.3 is 0 Å². The second-order valence-electron chi connectivity index (χ2n) is 3.81. The van der Waals surface area contributed by atoms with Gasteiger partial charge in [0.15, 0.2) is 9.84 Å². The van der Waals surface area contributed by atoms with E-state index in [-0.39, 0.29) is 5.75 Å². The molecule has 1 rings (SSSR count). The molecular weight excluding hydrogens is 264 g/mol. The van der Waals surface area contributed by atoms with Crippen molar-refractivity contribution in [3.8, 4) is 0 Å². The molecule has 1 aromatic carbocycles. The topological polar surface area (TPSA) is 34.1 Å². The normalized spacial score (nSPS) is 12.6. The first-order chi connectivity index (χ1) is 8.56. The summed E-state index contributed by atoms with van der Waals surface area (Å²) in [5.41, 5.74) is 1.06. The molecule has 98 valence electrons. The van der Waals surface area contributed by atoms with E-state index in [0.29, 0.717) is 4.90 Å². The second kappa shape index (κ2) is 7.44.